The van der Waals surface area contributed by atoms with Gasteiger partial charge in [-0.2, -0.15) is 0 Å². The van der Waals surface area contributed by atoms with Gasteiger partial charge in [0.1, 0.15) is 5.00 Å². The van der Waals surface area contributed by atoms with Crippen LogP contribution in [0.25, 0.3) is 22.2 Å². The summed E-state index contributed by atoms with van der Waals surface area (Å²) in [5.74, 6) is -1.16. The number of carbonyl (C=O) groups is 3. The lowest BCUT2D eigenvalue weighted by Crippen LogP contribution is -2.15. The molecule has 0 aliphatic heterocycles. The summed E-state index contributed by atoms with van der Waals surface area (Å²) < 4.78 is 6.08. The van der Waals surface area contributed by atoms with Gasteiger partial charge in [-0.3, -0.25) is 9.59 Å². The molecule has 0 saturated heterocycles. The first-order valence-corrected chi connectivity index (χ1v) is 12.2. The first kappa shape index (κ1) is 23.8. The highest BCUT2D eigenvalue weighted by molar-refractivity contribution is 9.10. The number of para-hydroxylation sites is 1. The quantitative estimate of drug-likeness (QED) is 0.220. The van der Waals surface area contributed by atoms with Gasteiger partial charge in [-0.1, -0.05) is 46.3 Å². The summed E-state index contributed by atoms with van der Waals surface area (Å²) in [7, 11) is 0. The van der Waals surface area contributed by atoms with Gasteiger partial charge in [-0.15, -0.1) is 11.3 Å². The van der Waals surface area contributed by atoms with Crippen LogP contribution in [0.5, 0.6) is 0 Å². The molecule has 0 aliphatic carbocycles. The lowest BCUT2D eigenvalue weighted by Gasteiger charge is -2.11. The summed E-state index contributed by atoms with van der Waals surface area (Å²) in [6, 6.07) is 16.8. The van der Waals surface area contributed by atoms with Crippen LogP contribution in [0.1, 0.15) is 49.8 Å². The van der Waals surface area contributed by atoms with Crippen molar-refractivity contribution in [3.63, 3.8) is 0 Å². The minimum atomic E-state index is -0.575. The molecule has 8 heteroatoms. The summed E-state index contributed by atoms with van der Waals surface area (Å²) in [4.78, 5) is 43.4. The van der Waals surface area contributed by atoms with Crippen LogP contribution in [0, 0.1) is 6.92 Å². The molecule has 2 heterocycles. The number of rotatable bonds is 6. The van der Waals surface area contributed by atoms with Gasteiger partial charge in [0.2, 0.25) is 0 Å². The van der Waals surface area contributed by atoms with Crippen molar-refractivity contribution in [3.05, 3.63) is 80.6 Å². The zero-order valence-electron chi connectivity index (χ0n) is 18.8. The number of esters is 1. The van der Waals surface area contributed by atoms with E-state index in [0.29, 0.717) is 32.6 Å². The summed E-state index contributed by atoms with van der Waals surface area (Å²) in [5, 5.41) is 3.82. The maximum Gasteiger partial charge on any atom is 0.341 e. The number of nitrogens with zero attached hydrogens (tertiary/aromatic N) is 1. The van der Waals surface area contributed by atoms with E-state index in [1.807, 2.05) is 48.5 Å². The van der Waals surface area contributed by atoms with Gasteiger partial charge in [0.05, 0.1) is 33.8 Å². The first-order chi connectivity index (χ1) is 16.3. The number of carbonyl (C=O) groups excluding carboxylic acids is 3. The number of hydrogen-bond donors (Lipinski definition) is 1. The largest absolute Gasteiger partial charge is 0.462 e. The fraction of sp³-hybridized carbons (Fsp3) is 0.154. The maximum atomic E-state index is 13.5. The summed E-state index contributed by atoms with van der Waals surface area (Å²) >= 11 is 4.55. The number of anilines is 1. The molecule has 1 N–H and O–H groups in total. The third-order valence-corrected chi connectivity index (χ3v) is 7.06. The maximum absolute atomic E-state index is 13.5. The van der Waals surface area contributed by atoms with E-state index in [0.717, 1.165) is 21.4 Å². The third-order valence-electron chi connectivity index (χ3n) is 5.25. The van der Waals surface area contributed by atoms with Crippen molar-refractivity contribution in [2.45, 2.75) is 20.8 Å². The molecular formula is C26H21BrN2O4S. The van der Waals surface area contributed by atoms with Crippen LogP contribution in [0.3, 0.4) is 0 Å². The number of fused-ring (bicyclic) bond motifs is 1. The number of Topliss-reactive ketones (excluding diaryl/α,β-unsaturated/α-hetero) is 1. The standard InChI is InChI=1S/C26H21BrN2O4S/c1-4-33-26(32)22-14(2)23(15(3)30)34-25(22)29-24(31)19-13-21(16-8-7-9-17(27)12-16)28-20-11-6-5-10-18(19)20/h5-13H,4H2,1-3H3,(H,29,31). The van der Waals surface area contributed by atoms with Gasteiger partial charge < -0.3 is 10.1 Å². The third kappa shape index (κ3) is 4.64. The number of ether oxygens (including phenoxy) is 1. The van der Waals surface area contributed by atoms with E-state index in [-0.39, 0.29) is 23.0 Å². The Balaban J connectivity index is 1.82. The average Bonchev–Trinajstić information content (AvgIpc) is 3.14. The van der Waals surface area contributed by atoms with Crippen molar-refractivity contribution in [3.8, 4) is 11.3 Å². The van der Waals surface area contributed by atoms with Crippen LogP contribution >= 0.6 is 27.3 Å². The molecule has 4 rings (SSSR count). The summed E-state index contributed by atoms with van der Waals surface area (Å²) in [6.07, 6.45) is 0. The van der Waals surface area contributed by atoms with E-state index in [1.165, 1.54) is 6.92 Å². The number of hydrogen-bond acceptors (Lipinski definition) is 6. The normalized spacial score (nSPS) is 10.8. The molecule has 0 aliphatic rings. The van der Waals surface area contributed by atoms with E-state index in [2.05, 4.69) is 21.2 Å². The Morgan fingerprint density at radius 2 is 1.85 bits per heavy atom. The number of amides is 1. The number of pyridine rings is 1. The van der Waals surface area contributed by atoms with Gasteiger partial charge >= 0.3 is 5.97 Å². The SMILES string of the molecule is CCOC(=O)c1c(NC(=O)c2cc(-c3cccc(Br)c3)nc3ccccc23)sc(C(C)=O)c1C. The molecule has 2 aromatic carbocycles. The lowest BCUT2D eigenvalue weighted by molar-refractivity contribution is 0.0527. The molecule has 0 fully saturated rings. The monoisotopic (exact) mass is 536 g/mol. The Hall–Kier alpha value is -3.36. The second kappa shape index (κ2) is 9.87. The van der Waals surface area contributed by atoms with Crippen molar-refractivity contribution in [1.82, 2.24) is 4.98 Å². The molecule has 2 aromatic heterocycles. The van der Waals surface area contributed by atoms with Crippen LogP contribution in [-0.2, 0) is 4.74 Å². The first-order valence-electron chi connectivity index (χ1n) is 10.6. The van der Waals surface area contributed by atoms with Crippen LogP contribution in [0.4, 0.5) is 5.00 Å². The van der Waals surface area contributed by atoms with E-state index in [9.17, 15) is 14.4 Å². The van der Waals surface area contributed by atoms with Gasteiger partial charge in [-0.25, -0.2) is 9.78 Å². The van der Waals surface area contributed by atoms with Crippen LogP contribution in [0.2, 0.25) is 0 Å². The second-order valence-electron chi connectivity index (χ2n) is 7.57. The van der Waals surface area contributed by atoms with Crippen LogP contribution < -0.4 is 5.32 Å². The number of ketones is 1. The smallest absolute Gasteiger partial charge is 0.341 e. The molecule has 1 amide bonds. The second-order valence-corrected chi connectivity index (χ2v) is 9.51. The molecule has 4 aromatic rings. The van der Waals surface area contributed by atoms with Crippen LogP contribution in [-0.4, -0.2) is 29.3 Å². The number of benzene rings is 2. The minimum Gasteiger partial charge on any atom is -0.462 e. The molecule has 172 valence electrons. The van der Waals surface area contributed by atoms with Gasteiger partial charge in [0.15, 0.2) is 5.78 Å². The van der Waals surface area contributed by atoms with E-state index in [1.54, 1.807) is 19.9 Å². The topological polar surface area (TPSA) is 85.4 Å². The zero-order valence-corrected chi connectivity index (χ0v) is 21.2. The molecular weight excluding hydrogens is 516 g/mol. The van der Waals surface area contributed by atoms with Crippen molar-refractivity contribution in [1.29, 1.82) is 0 Å². The lowest BCUT2D eigenvalue weighted by atomic mass is 10.0. The molecule has 34 heavy (non-hydrogen) atoms. The molecule has 0 radical (unpaired) electrons. The Morgan fingerprint density at radius 3 is 2.56 bits per heavy atom. The number of aromatic nitrogens is 1. The number of thiophene rings is 1. The van der Waals surface area contributed by atoms with Crippen molar-refractivity contribution < 1.29 is 19.1 Å². The predicted octanol–water partition coefficient (Wildman–Crippen LogP) is 6.67. The van der Waals surface area contributed by atoms with Crippen LogP contribution in [0.15, 0.2) is 59.1 Å². The molecule has 0 unspecified atom stereocenters. The van der Waals surface area contributed by atoms with E-state index >= 15 is 0 Å². The molecule has 0 bridgehead atoms. The zero-order chi connectivity index (χ0) is 24.4. The number of halogens is 1. The van der Waals surface area contributed by atoms with Gasteiger partial charge in [-0.05, 0) is 50.6 Å². The van der Waals surface area contributed by atoms with E-state index < -0.39 is 11.9 Å². The molecule has 0 spiro atoms. The highest BCUT2D eigenvalue weighted by atomic mass is 79.9. The summed E-state index contributed by atoms with van der Waals surface area (Å²) in [6.45, 7) is 5.00. The molecule has 0 atom stereocenters. The highest BCUT2D eigenvalue weighted by Gasteiger charge is 2.26. The average molecular weight is 537 g/mol. The Morgan fingerprint density at radius 1 is 1.09 bits per heavy atom. The van der Waals surface area contributed by atoms with Gasteiger partial charge in [0, 0.05) is 15.4 Å². The predicted molar refractivity (Wildman–Crippen MR) is 138 cm³/mol. The molecule has 0 saturated carbocycles. The van der Waals surface area contributed by atoms with Crippen molar-refractivity contribution in [2.24, 2.45) is 0 Å². The van der Waals surface area contributed by atoms with E-state index in [4.69, 9.17) is 9.72 Å². The molecule has 6 nitrogen and oxygen atoms in total. The summed E-state index contributed by atoms with van der Waals surface area (Å²) in [5.41, 5.74) is 3.28. The fourth-order valence-electron chi connectivity index (χ4n) is 3.72. The highest BCUT2D eigenvalue weighted by Crippen LogP contribution is 2.35. The minimum absolute atomic E-state index is 0.181. The Bertz CT molecular complexity index is 1440. The van der Waals surface area contributed by atoms with Crippen molar-refractivity contribution >= 4 is 60.8 Å². The number of nitrogens with one attached hydrogen (secondary N) is 1. The van der Waals surface area contributed by atoms with Crippen molar-refractivity contribution in [2.75, 3.05) is 11.9 Å². The Labute approximate surface area is 209 Å². The van der Waals surface area contributed by atoms with Gasteiger partial charge in [0.25, 0.3) is 5.91 Å². The Kier molecular flexibility index (Phi) is 6.90. The fourth-order valence-corrected chi connectivity index (χ4v) is 5.20.